The molecule has 2 aromatic rings. The SMILES string of the molecule is CC(=O)NC(CC(=O)NCCOc1ccccc1)c1ccccc1. The second kappa shape index (κ2) is 9.35. The van der Waals surface area contributed by atoms with Crippen molar-refractivity contribution < 1.29 is 14.3 Å². The lowest BCUT2D eigenvalue weighted by Gasteiger charge is -2.18. The lowest BCUT2D eigenvalue weighted by Crippen LogP contribution is -2.34. The van der Waals surface area contributed by atoms with Gasteiger partial charge in [0.1, 0.15) is 12.4 Å². The largest absolute Gasteiger partial charge is 0.492 e. The minimum Gasteiger partial charge on any atom is -0.492 e. The van der Waals surface area contributed by atoms with E-state index in [1.54, 1.807) is 0 Å². The van der Waals surface area contributed by atoms with Crippen molar-refractivity contribution >= 4 is 11.8 Å². The fourth-order valence-corrected chi connectivity index (χ4v) is 2.32. The summed E-state index contributed by atoms with van der Waals surface area (Å²) in [6, 6.07) is 18.6. The van der Waals surface area contributed by atoms with Gasteiger partial charge in [-0.25, -0.2) is 0 Å². The Kier molecular flexibility index (Phi) is 6.83. The van der Waals surface area contributed by atoms with Crippen molar-refractivity contribution in [2.24, 2.45) is 0 Å². The zero-order valence-corrected chi connectivity index (χ0v) is 13.7. The van der Waals surface area contributed by atoms with E-state index < -0.39 is 0 Å². The minimum atomic E-state index is -0.334. The molecule has 0 bridgehead atoms. The topological polar surface area (TPSA) is 67.4 Å². The van der Waals surface area contributed by atoms with Crippen LogP contribution in [0.25, 0.3) is 0 Å². The van der Waals surface area contributed by atoms with E-state index in [-0.39, 0.29) is 24.3 Å². The highest BCUT2D eigenvalue weighted by Gasteiger charge is 2.16. The normalized spacial score (nSPS) is 11.4. The van der Waals surface area contributed by atoms with Crippen molar-refractivity contribution in [2.45, 2.75) is 19.4 Å². The van der Waals surface area contributed by atoms with Gasteiger partial charge in [0.05, 0.1) is 19.0 Å². The molecule has 1 unspecified atom stereocenters. The summed E-state index contributed by atoms with van der Waals surface area (Å²) in [5.41, 5.74) is 0.906. The van der Waals surface area contributed by atoms with E-state index in [2.05, 4.69) is 10.6 Å². The maximum atomic E-state index is 12.1. The molecule has 2 N–H and O–H groups in total. The molecule has 2 amide bonds. The van der Waals surface area contributed by atoms with Gasteiger partial charge in [0.2, 0.25) is 11.8 Å². The highest BCUT2D eigenvalue weighted by molar-refractivity contribution is 5.79. The van der Waals surface area contributed by atoms with Gasteiger partial charge in [-0.3, -0.25) is 9.59 Å². The number of rotatable bonds is 8. The highest BCUT2D eigenvalue weighted by Crippen LogP contribution is 2.16. The third-order valence-electron chi connectivity index (χ3n) is 3.41. The zero-order chi connectivity index (χ0) is 17.2. The lowest BCUT2D eigenvalue weighted by atomic mass is 10.0. The Bertz CT molecular complexity index is 644. The van der Waals surface area contributed by atoms with Gasteiger partial charge in [0.25, 0.3) is 0 Å². The average Bonchev–Trinajstić information content (AvgIpc) is 2.59. The van der Waals surface area contributed by atoms with Crippen molar-refractivity contribution in [3.8, 4) is 5.75 Å². The molecule has 0 radical (unpaired) electrons. The molecule has 0 heterocycles. The molecule has 5 heteroatoms. The first-order valence-electron chi connectivity index (χ1n) is 7.92. The Hall–Kier alpha value is -2.82. The molecule has 1 atom stereocenters. The Morgan fingerprint density at radius 1 is 1.00 bits per heavy atom. The van der Waals surface area contributed by atoms with Gasteiger partial charge in [0.15, 0.2) is 0 Å². The van der Waals surface area contributed by atoms with Gasteiger partial charge >= 0.3 is 0 Å². The molecule has 0 aliphatic heterocycles. The molecular weight excluding hydrogens is 304 g/mol. The molecule has 24 heavy (non-hydrogen) atoms. The maximum Gasteiger partial charge on any atom is 0.222 e. The van der Waals surface area contributed by atoms with E-state index in [0.29, 0.717) is 13.2 Å². The number of nitrogens with one attached hydrogen (secondary N) is 2. The molecule has 0 saturated carbocycles. The summed E-state index contributed by atoms with van der Waals surface area (Å²) in [4.78, 5) is 23.5. The van der Waals surface area contributed by atoms with Crippen molar-refractivity contribution in [1.82, 2.24) is 10.6 Å². The number of carbonyl (C=O) groups is 2. The van der Waals surface area contributed by atoms with Gasteiger partial charge < -0.3 is 15.4 Å². The fraction of sp³-hybridized carbons (Fsp3) is 0.263. The Labute approximate surface area is 142 Å². The summed E-state index contributed by atoms with van der Waals surface area (Å²) in [6.45, 7) is 2.25. The van der Waals surface area contributed by atoms with E-state index in [4.69, 9.17) is 4.74 Å². The van der Waals surface area contributed by atoms with Crippen LogP contribution < -0.4 is 15.4 Å². The molecule has 0 aromatic heterocycles. The van der Waals surface area contributed by atoms with Crippen LogP contribution >= 0.6 is 0 Å². The van der Waals surface area contributed by atoms with Gasteiger partial charge in [0, 0.05) is 6.92 Å². The van der Waals surface area contributed by atoms with Crippen molar-refractivity contribution in [3.05, 3.63) is 66.2 Å². The van der Waals surface area contributed by atoms with E-state index in [1.165, 1.54) is 6.92 Å². The first kappa shape index (κ1) is 17.5. The molecule has 126 valence electrons. The number of hydrogen-bond acceptors (Lipinski definition) is 3. The lowest BCUT2D eigenvalue weighted by molar-refractivity contribution is -0.122. The fourth-order valence-electron chi connectivity index (χ4n) is 2.32. The quantitative estimate of drug-likeness (QED) is 0.732. The van der Waals surface area contributed by atoms with E-state index in [1.807, 2.05) is 60.7 Å². The molecule has 5 nitrogen and oxygen atoms in total. The van der Waals surface area contributed by atoms with Crippen molar-refractivity contribution in [2.75, 3.05) is 13.2 Å². The van der Waals surface area contributed by atoms with Crippen LogP contribution in [-0.2, 0) is 9.59 Å². The summed E-state index contributed by atoms with van der Waals surface area (Å²) >= 11 is 0. The highest BCUT2D eigenvalue weighted by atomic mass is 16.5. The Morgan fingerprint density at radius 3 is 2.25 bits per heavy atom. The van der Waals surface area contributed by atoms with Crippen LogP contribution in [0.5, 0.6) is 5.75 Å². The van der Waals surface area contributed by atoms with E-state index >= 15 is 0 Å². The molecule has 0 aliphatic carbocycles. The predicted octanol–water partition coefficient (Wildman–Crippen LogP) is 2.45. The van der Waals surface area contributed by atoms with Crippen LogP contribution in [0.3, 0.4) is 0 Å². The number of benzene rings is 2. The van der Waals surface area contributed by atoms with Crippen LogP contribution in [0.2, 0.25) is 0 Å². The van der Waals surface area contributed by atoms with Gasteiger partial charge in [-0.2, -0.15) is 0 Å². The van der Waals surface area contributed by atoms with Gasteiger partial charge in [-0.05, 0) is 17.7 Å². The predicted molar refractivity (Wildman–Crippen MR) is 92.6 cm³/mol. The monoisotopic (exact) mass is 326 g/mol. The summed E-state index contributed by atoms with van der Waals surface area (Å²) < 4.78 is 5.53. The smallest absolute Gasteiger partial charge is 0.222 e. The summed E-state index contributed by atoms with van der Waals surface area (Å²) in [5, 5.41) is 5.62. The van der Waals surface area contributed by atoms with Crippen LogP contribution in [0.15, 0.2) is 60.7 Å². The first-order chi connectivity index (χ1) is 11.6. The molecule has 0 aliphatic rings. The van der Waals surface area contributed by atoms with Gasteiger partial charge in [-0.15, -0.1) is 0 Å². The summed E-state index contributed by atoms with van der Waals surface area (Å²) in [7, 11) is 0. The standard InChI is InChI=1S/C19H22N2O3/c1-15(22)21-18(16-8-4-2-5-9-16)14-19(23)20-12-13-24-17-10-6-3-7-11-17/h2-11,18H,12-14H2,1H3,(H,20,23)(H,21,22). The number of carbonyl (C=O) groups excluding carboxylic acids is 2. The maximum absolute atomic E-state index is 12.1. The zero-order valence-electron chi connectivity index (χ0n) is 13.7. The number of hydrogen-bond donors (Lipinski definition) is 2. The number of amides is 2. The molecule has 0 saturated heterocycles. The minimum absolute atomic E-state index is 0.130. The molecule has 2 rings (SSSR count). The average molecular weight is 326 g/mol. The summed E-state index contributed by atoms with van der Waals surface area (Å²) in [6.07, 6.45) is 0.189. The molecule has 2 aromatic carbocycles. The van der Waals surface area contributed by atoms with Crippen LogP contribution in [0.1, 0.15) is 24.9 Å². The van der Waals surface area contributed by atoms with Crippen LogP contribution in [-0.4, -0.2) is 25.0 Å². The first-order valence-corrected chi connectivity index (χ1v) is 7.92. The van der Waals surface area contributed by atoms with Crippen LogP contribution in [0, 0.1) is 0 Å². The summed E-state index contributed by atoms with van der Waals surface area (Å²) in [5.74, 6) is 0.477. The third-order valence-corrected chi connectivity index (χ3v) is 3.41. The molecule has 0 fully saturated rings. The third kappa shape index (κ3) is 6.12. The molecular formula is C19H22N2O3. The van der Waals surface area contributed by atoms with Gasteiger partial charge in [-0.1, -0.05) is 48.5 Å². The second-order valence-electron chi connectivity index (χ2n) is 5.38. The Morgan fingerprint density at radius 2 is 1.62 bits per heavy atom. The van der Waals surface area contributed by atoms with E-state index in [9.17, 15) is 9.59 Å². The number of ether oxygens (including phenoxy) is 1. The van der Waals surface area contributed by atoms with Crippen molar-refractivity contribution in [3.63, 3.8) is 0 Å². The molecule has 0 spiro atoms. The number of para-hydroxylation sites is 1. The van der Waals surface area contributed by atoms with E-state index in [0.717, 1.165) is 11.3 Å². The second-order valence-corrected chi connectivity index (χ2v) is 5.38. The van der Waals surface area contributed by atoms with Crippen molar-refractivity contribution in [1.29, 1.82) is 0 Å². The van der Waals surface area contributed by atoms with Crippen LogP contribution in [0.4, 0.5) is 0 Å². The Balaban J connectivity index is 1.79.